The van der Waals surface area contributed by atoms with Crippen LogP contribution in [0.2, 0.25) is 0 Å². The van der Waals surface area contributed by atoms with Gasteiger partial charge in [0.2, 0.25) is 0 Å². The summed E-state index contributed by atoms with van der Waals surface area (Å²) in [4.78, 5) is 30.3. The first-order valence-electron chi connectivity index (χ1n) is 19.8. The highest BCUT2D eigenvalue weighted by atomic mass is 16.7. The summed E-state index contributed by atoms with van der Waals surface area (Å²) < 4.78 is 44.5. The van der Waals surface area contributed by atoms with Crippen LogP contribution in [0.25, 0.3) is 0 Å². The number of Topliss-reactive ketones (excluding diaryl/α,β-unsaturated/α-hetero) is 1. The molecule has 0 spiro atoms. The maximum Gasteiger partial charge on any atom is 0.311 e. The van der Waals surface area contributed by atoms with Gasteiger partial charge in [0.15, 0.2) is 12.6 Å². The normalized spacial score (nSPS) is 46.1. The predicted octanol–water partition coefficient (Wildman–Crippen LogP) is 3.86. The number of likely N-dealkylation sites (N-methyl/N-ethyl adjacent to an activating group) is 1. The number of terminal acetylenes is 1. The second-order valence-electron chi connectivity index (χ2n) is 17.1. The number of methoxy groups -OCH3 is 2. The van der Waals surface area contributed by atoms with E-state index in [2.05, 4.69) is 5.92 Å². The van der Waals surface area contributed by atoms with Crippen molar-refractivity contribution in [3.63, 3.8) is 0 Å². The molecule has 17 atom stereocenters. The molecule has 54 heavy (non-hydrogen) atoms. The number of rotatable bonds is 10. The van der Waals surface area contributed by atoms with E-state index in [1.54, 1.807) is 34.8 Å². The topological polar surface area (TPSA) is 163 Å². The van der Waals surface area contributed by atoms with Gasteiger partial charge in [-0.2, -0.15) is 0 Å². The van der Waals surface area contributed by atoms with Crippen LogP contribution in [0, 0.1) is 36.0 Å². The Kier molecular flexibility index (Phi) is 16.6. The molecule has 0 unspecified atom stereocenters. The van der Waals surface area contributed by atoms with Gasteiger partial charge in [-0.3, -0.25) is 14.5 Å². The summed E-state index contributed by atoms with van der Waals surface area (Å²) >= 11 is 0. The monoisotopic (exact) mass is 769 g/mol. The van der Waals surface area contributed by atoms with Crippen molar-refractivity contribution in [1.29, 1.82) is 0 Å². The molecule has 0 aliphatic carbocycles. The van der Waals surface area contributed by atoms with E-state index in [1.165, 1.54) is 14.0 Å². The molecule has 13 nitrogen and oxygen atoms in total. The molecule has 3 heterocycles. The number of hydrogen-bond acceptors (Lipinski definition) is 13. The lowest BCUT2D eigenvalue weighted by Gasteiger charge is -2.49. The number of nitrogens with zero attached hydrogens (tertiary/aromatic N) is 1. The number of aliphatic hydroxyl groups excluding tert-OH is 2. The molecule has 0 radical (unpaired) electrons. The van der Waals surface area contributed by atoms with Crippen molar-refractivity contribution in [2.45, 2.75) is 186 Å². The van der Waals surface area contributed by atoms with Crippen LogP contribution in [0.15, 0.2) is 0 Å². The number of cyclic esters (lactones) is 1. The van der Waals surface area contributed by atoms with Gasteiger partial charge in [-0.05, 0) is 67.9 Å². The van der Waals surface area contributed by atoms with Crippen LogP contribution in [0.4, 0.5) is 0 Å². The van der Waals surface area contributed by atoms with Crippen LogP contribution in [0.3, 0.4) is 0 Å². The van der Waals surface area contributed by atoms with Gasteiger partial charge < -0.3 is 48.5 Å². The lowest BCUT2D eigenvalue weighted by molar-refractivity contribution is -0.312. The number of hydrogen-bond donors (Lipinski definition) is 3. The predicted molar refractivity (Wildman–Crippen MR) is 202 cm³/mol. The Morgan fingerprint density at radius 1 is 0.926 bits per heavy atom. The highest BCUT2D eigenvalue weighted by Crippen LogP contribution is 2.41. The molecule has 0 saturated carbocycles. The Labute approximate surface area is 324 Å². The fraction of sp³-hybridized carbons (Fsp3) is 0.902. The van der Waals surface area contributed by atoms with Crippen LogP contribution < -0.4 is 0 Å². The zero-order valence-corrected chi connectivity index (χ0v) is 35.1. The SMILES string of the molecule is C#CCCN(C)[C@H]1C[C@@H](C)O[C@@H](O[C@@H]2[C@@H](C)[C@H](O[C@H]3C[C@@](C)(OC)C[C@H](C)O3)[C@@H](C)C(=O)O[C@H](CC)[C@@](C)(O)[C@H](O)[C@@H](C)C(=O)[C@H](C)C[C@@]2(C)OC)[C@@H]1O. The number of esters is 1. The third-order valence-corrected chi connectivity index (χ3v) is 12.5. The Bertz CT molecular complexity index is 1270. The molecule has 0 aromatic heterocycles. The molecule has 3 aliphatic heterocycles. The quantitative estimate of drug-likeness (QED) is 0.217. The first-order chi connectivity index (χ1) is 25.1. The molecule has 13 heteroatoms. The lowest BCUT2D eigenvalue weighted by atomic mass is 9.74. The van der Waals surface area contributed by atoms with E-state index >= 15 is 0 Å². The van der Waals surface area contributed by atoms with Gasteiger partial charge in [-0.1, -0.05) is 27.7 Å². The molecule has 0 bridgehead atoms. The van der Waals surface area contributed by atoms with Crippen LogP contribution in [0.5, 0.6) is 0 Å². The molecule has 0 amide bonds. The minimum absolute atomic E-state index is 0.127. The van der Waals surface area contributed by atoms with Gasteiger partial charge in [0.25, 0.3) is 0 Å². The van der Waals surface area contributed by atoms with Crippen molar-refractivity contribution < 1.29 is 58.1 Å². The lowest BCUT2D eigenvalue weighted by Crippen LogP contribution is -2.61. The van der Waals surface area contributed by atoms with Gasteiger partial charge in [0.1, 0.15) is 23.6 Å². The third kappa shape index (κ3) is 10.6. The van der Waals surface area contributed by atoms with Crippen molar-refractivity contribution in [2.75, 3.05) is 27.8 Å². The van der Waals surface area contributed by atoms with Gasteiger partial charge >= 0.3 is 5.97 Å². The standard InChI is InChI=1S/C41H71NO12/c1-15-17-18-42(12)29-19-24(4)51-38(33(29)44)54-36-27(7)34(53-31-22-39(9,48-13)21-25(5)50-31)28(8)37(46)52-30(16-2)41(11,47)35(45)26(6)32(43)23(3)20-40(36,10)49-14/h1,23-31,33-36,38,44-45,47H,16-22H2,2-14H3/t23-,24-,25+,26+,27+,28-,29+,30-,31+,33-,34+,35-,36-,38+,39+,40-,41-/m1/s1. The van der Waals surface area contributed by atoms with E-state index < -0.39 is 89.5 Å². The minimum Gasteiger partial charge on any atom is -0.459 e. The molecule has 3 aliphatic rings. The van der Waals surface area contributed by atoms with E-state index in [1.807, 2.05) is 46.6 Å². The molecule has 3 rings (SSSR count). The smallest absolute Gasteiger partial charge is 0.311 e. The molecule has 3 fully saturated rings. The van der Waals surface area contributed by atoms with E-state index in [0.717, 1.165) is 0 Å². The molecule has 3 saturated heterocycles. The first-order valence-corrected chi connectivity index (χ1v) is 19.8. The zero-order chi connectivity index (χ0) is 40.9. The summed E-state index contributed by atoms with van der Waals surface area (Å²) in [7, 11) is 5.08. The zero-order valence-electron chi connectivity index (χ0n) is 35.1. The van der Waals surface area contributed by atoms with E-state index in [-0.39, 0.29) is 36.9 Å². The van der Waals surface area contributed by atoms with Crippen LogP contribution in [0.1, 0.15) is 108 Å². The number of carbonyl (C=O) groups is 2. The third-order valence-electron chi connectivity index (χ3n) is 12.5. The number of carbonyl (C=O) groups excluding carboxylic acids is 2. The van der Waals surface area contributed by atoms with Crippen molar-refractivity contribution in [1.82, 2.24) is 4.90 Å². The van der Waals surface area contributed by atoms with Gasteiger partial charge in [0, 0.05) is 63.8 Å². The molecule has 0 aromatic rings. The maximum absolute atomic E-state index is 14.2. The summed E-state index contributed by atoms with van der Waals surface area (Å²) in [6.07, 6.45) is -0.138. The fourth-order valence-electron chi connectivity index (χ4n) is 8.97. The average Bonchev–Trinajstić information content (AvgIpc) is 3.12. The minimum atomic E-state index is -1.95. The van der Waals surface area contributed by atoms with Crippen LogP contribution in [-0.4, -0.2) is 138 Å². The fourth-order valence-corrected chi connectivity index (χ4v) is 8.97. The Balaban J connectivity index is 2.20. The Morgan fingerprint density at radius 2 is 1.57 bits per heavy atom. The van der Waals surface area contributed by atoms with Crippen molar-refractivity contribution in [3.05, 3.63) is 0 Å². The van der Waals surface area contributed by atoms with E-state index in [0.29, 0.717) is 32.2 Å². The van der Waals surface area contributed by atoms with Crippen molar-refractivity contribution >= 4 is 11.8 Å². The number of ether oxygens (including phenoxy) is 7. The summed E-state index contributed by atoms with van der Waals surface area (Å²) in [5.74, 6) is -1.65. The number of aliphatic hydroxyl groups is 3. The van der Waals surface area contributed by atoms with Gasteiger partial charge in [-0.25, -0.2) is 0 Å². The molecular weight excluding hydrogens is 698 g/mol. The van der Waals surface area contributed by atoms with Crippen molar-refractivity contribution in [2.24, 2.45) is 23.7 Å². The van der Waals surface area contributed by atoms with Gasteiger partial charge in [0.05, 0.1) is 47.6 Å². The van der Waals surface area contributed by atoms with Crippen molar-refractivity contribution in [3.8, 4) is 12.3 Å². The van der Waals surface area contributed by atoms with E-state index in [9.17, 15) is 24.9 Å². The van der Waals surface area contributed by atoms with Crippen LogP contribution in [-0.2, 0) is 42.7 Å². The molecule has 312 valence electrons. The second-order valence-corrected chi connectivity index (χ2v) is 17.1. The first kappa shape index (κ1) is 46.7. The Morgan fingerprint density at radius 3 is 2.15 bits per heavy atom. The highest BCUT2D eigenvalue weighted by Gasteiger charge is 2.53. The molecule has 3 N–H and O–H groups in total. The summed E-state index contributed by atoms with van der Waals surface area (Å²) in [6, 6.07) is -0.332. The summed E-state index contributed by atoms with van der Waals surface area (Å²) in [5.41, 5.74) is -3.74. The molecular formula is C41H71NO12. The number of ketones is 1. The second kappa shape index (κ2) is 19.2. The highest BCUT2D eigenvalue weighted by molar-refractivity contribution is 5.83. The summed E-state index contributed by atoms with van der Waals surface area (Å²) in [6.45, 7) is 18.3. The molecule has 0 aromatic carbocycles. The Hall–Kier alpha value is -1.70. The van der Waals surface area contributed by atoms with Crippen LogP contribution >= 0.6 is 0 Å². The summed E-state index contributed by atoms with van der Waals surface area (Å²) in [5, 5.41) is 35.0. The van der Waals surface area contributed by atoms with Gasteiger partial charge in [-0.15, -0.1) is 12.3 Å². The average molecular weight is 770 g/mol. The maximum atomic E-state index is 14.2. The largest absolute Gasteiger partial charge is 0.459 e. The van der Waals surface area contributed by atoms with E-state index in [4.69, 9.17) is 39.6 Å².